The smallest absolute Gasteiger partial charge is 0.0572 e. The topological polar surface area (TPSA) is 35.5 Å². The van der Waals surface area contributed by atoms with E-state index in [-0.39, 0.29) is 6.61 Å². The number of nitrogens with one attached hydrogen (secondary N) is 1. The first-order valence-corrected chi connectivity index (χ1v) is 2.86. The molecule has 0 bridgehead atoms. The molecule has 0 saturated carbocycles. The quantitative estimate of drug-likeness (QED) is 0.485. The van der Waals surface area contributed by atoms with Crippen LogP contribution >= 0.6 is 0 Å². The zero-order valence-corrected chi connectivity index (χ0v) is 5.52. The highest BCUT2D eigenvalue weighted by Gasteiger charge is 1.89. The van der Waals surface area contributed by atoms with Crippen LogP contribution in [-0.2, 0) is 0 Å². The van der Waals surface area contributed by atoms with Crippen LogP contribution in [0.15, 0.2) is 0 Å². The van der Waals surface area contributed by atoms with Gasteiger partial charge in [0.05, 0.1) is 6.61 Å². The van der Waals surface area contributed by atoms with Gasteiger partial charge in [-0.1, -0.05) is 6.92 Å². The van der Waals surface area contributed by atoms with Crippen molar-refractivity contribution in [3.8, 4) is 0 Å². The Kier molecular flexibility index (Phi) is 4.95. The van der Waals surface area contributed by atoms with Crippen molar-refractivity contribution in [2.24, 2.45) is 0 Å². The molecular weight excluding hydrogens is 104 g/mol. The maximum atomic E-state index is 8.38. The molecule has 0 heterocycles. The molecule has 8 heavy (non-hydrogen) atoms. The Morgan fingerprint density at radius 2 is 2.25 bits per heavy atom. The molecule has 3 nitrogen and oxygen atoms in total. The lowest BCUT2D eigenvalue weighted by molar-refractivity contribution is 0.177. The van der Waals surface area contributed by atoms with Gasteiger partial charge in [0.1, 0.15) is 0 Å². The maximum absolute atomic E-state index is 8.38. The standard InChI is InChI=1S/C5H14N2O/c1-3-6-7(2)4-5-8/h6,8H,3-5H2,1-2H3. The van der Waals surface area contributed by atoms with E-state index in [2.05, 4.69) is 5.43 Å². The van der Waals surface area contributed by atoms with Gasteiger partial charge in [-0.2, -0.15) is 0 Å². The first-order valence-electron chi connectivity index (χ1n) is 2.86. The van der Waals surface area contributed by atoms with E-state index in [0.717, 1.165) is 6.54 Å². The van der Waals surface area contributed by atoms with Gasteiger partial charge in [0.2, 0.25) is 0 Å². The molecule has 0 fully saturated rings. The lowest BCUT2D eigenvalue weighted by atomic mass is 10.7. The second-order valence-corrected chi connectivity index (χ2v) is 1.66. The van der Waals surface area contributed by atoms with E-state index in [1.54, 1.807) is 0 Å². The number of hydrogen-bond donors (Lipinski definition) is 2. The van der Waals surface area contributed by atoms with Crippen molar-refractivity contribution in [2.45, 2.75) is 6.92 Å². The Morgan fingerprint density at radius 1 is 1.62 bits per heavy atom. The van der Waals surface area contributed by atoms with Crippen LogP contribution in [0.1, 0.15) is 6.92 Å². The zero-order valence-electron chi connectivity index (χ0n) is 5.52. The van der Waals surface area contributed by atoms with Crippen LogP contribution in [-0.4, -0.2) is 36.9 Å². The van der Waals surface area contributed by atoms with Crippen molar-refractivity contribution in [2.75, 3.05) is 26.7 Å². The summed E-state index contributed by atoms with van der Waals surface area (Å²) in [5.41, 5.74) is 3.02. The fraction of sp³-hybridized carbons (Fsp3) is 1.00. The number of aliphatic hydroxyl groups is 1. The summed E-state index contributed by atoms with van der Waals surface area (Å²) in [6.45, 7) is 3.84. The molecule has 0 amide bonds. The Balaban J connectivity index is 2.92. The Hall–Kier alpha value is -0.120. The van der Waals surface area contributed by atoms with E-state index < -0.39 is 0 Å². The summed E-state index contributed by atoms with van der Waals surface area (Å²) in [7, 11) is 1.90. The van der Waals surface area contributed by atoms with Crippen LogP contribution < -0.4 is 5.43 Å². The molecule has 0 aliphatic rings. The molecule has 50 valence electrons. The molecule has 0 aromatic heterocycles. The van der Waals surface area contributed by atoms with Crippen LogP contribution in [0.4, 0.5) is 0 Å². The van der Waals surface area contributed by atoms with Gasteiger partial charge in [-0.25, -0.2) is 5.01 Å². The largest absolute Gasteiger partial charge is 0.395 e. The lowest BCUT2D eigenvalue weighted by Gasteiger charge is -2.14. The highest BCUT2D eigenvalue weighted by molar-refractivity contribution is 4.38. The first-order chi connectivity index (χ1) is 3.81. The van der Waals surface area contributed by atoms with Crippen molar-refractivity contribution < 1.29 is 5.11 Å². The summed E-state index contributed by atoms with van der Waals surface area (Å²) < 4.78 is 0. The lowest BCUT2D eigenvalue weighted by Crippen LogP contribution is -2.36. The number of nitrogens with zero attached hydrogens (tertiary/aromatic N) is 1. The molecule has 0 unspecified atom stereocenters. The van der Waals surface area contributed by atoms with Crippen molar-refractivity contribution in [1.29, 1.82) is 0 Å². The normalized spacial score (nSPS) is 10.5. The molecule has 3 heteroatoms. The third kappa shape index (κ3) is 4.05. The van der Waals surface area contributed by atoms with Gasteiger partial charge in [0.25, 0.3) is 0 Å². The van der Waals surface area contributed by atoms with Gasteiger partial charge in [0, 0.05) is 20.1 Å². The molecule has 0 atom stereocenters. The molecule has 0 rings (SSSR count). The summed E-state index contributed by atoms with van der Waals surface area (Å²) in [6, 6.07) is 0. The SMILES string of the molecule is CCNN(C)CCO. The fourth-order valence-electron chi connectivity index (χ4n) is 0.499. The van der Waals surface area contributed by atoms with Gasteiger partial charge < -0.3 is 5.11 Å². The zero-order chi connectivity index (χ0) is 6.41. The maximum Gasteiger partial charge on any atom is 0.0572 e. The Bertz CT molecular complexity index is 43.7. The Morgan fingerprint density at radius 3 is 2.62 bits per heavy atom. The predicted octanol–water partition coefficient (Wildman–Crippen LogP) is -0.565. The second kappa shape index (κ2) is 5.03. The fourth-order valence-corrected chi connectivity index (χ4v) is 0.499. The second-order valence-electron chi connectivity index (χ2n) is 1.66. The van der Waals surface area contributed by atoms with E-state index in [1.165, 1.54) is 0 Å². The van der Waals surface area contributed by atoms with Crippen molar-refractivity contribution >= 4 is 0 Å². The van der Waals surface area contributed by atoms with Gasteiger partial charge in [0.15, 0.2) is 0 Å². The highest BCUT2D eigenvalue weighted by Crippen LogP contribution is 1.69. The summed E-state index contributed by atoms with van der Waals surface area (Å²) in [4.78, 5) is 0. The van der Waals surface area contributed by atoms with Crippen molar-refractivity contribution in [1.82, 2.24) is 10.4 Å². The van der Waals surface area contributed by atoms with Crippen LogP contribution in [0.2, 0.25) is 0 Å². The minimum Gasteiger partial charge on any atom is -0.395 e. The van der Waals surface area contributed by atoms with Crippen molar-refractivity contribution in [3.63, 3.8) is 0 Å². The third-order valence-corrected chi connectivity index (χ3v) is 0.863. The molecular formula is C5H14N2O. The van der Waals surface area contributed by atoms with Crippen LogP contribution in [0.3, 0.4) is 0 Å². The molecule has 0 aliphatic carbocycles. The third-order valence-electron chi connectivity index (χ3n) is 0.863. The predicted molar refractivity (Wildman–Crippen MR) is 33.4 cm³/mol. The van der Waals surface area contributed by atoms with Crippen LogP contribution in [0.25, 0.3) is 0 Å². The number of hydrogen-bond acceptors (Lipinski definition) is 3. The van der Waals surface area contributed by atoms with E-state index >= 15 is 0 Å². The molecule has 2 N–H and O–H groups in total. The number of rotatable bonds is 4. The summed E-state index contributed by atoms with van der Waals surface area (Å²) in [6.07, 6.45) is 0. The van der Waals surface area contributed by atoms with E-state index in [9.17, 15) is 0 Å². The van der Waals surface area contributed by atoms with E-state index in [1.807, 2.05) is 19.0 Å². The molecule has 0 spiro atoms. The average molecular weight is 118 g/mol. The van der Waals surface area contributed by atoms with Gasteiger partial charge >= 0.3 is 0 Å². The van der Waals surface area contributed by atoms with Gasteiger partial charge in [-0.05, 0) is 0 Å². The molecule has 0 radical (unpaired) electrons. The monoisotopic (exact) mass is 118 g/mol. The number of likely N-dealkylation sites (N-methyl/N-ethyl adjacent to an activating group) is 1. The van der Waals surface area contributed by atoms with Crippen molar-refractivity contribution in [3.05, 3.63) is 0 Å². The minimum absolute atomic E-state index is 0.212. The minimum atomic E-state index is 0.212. The Labute approximate surface area is 50.3 Å². The molecule has 0 aromatic rings. The molecule has 0 saturated heterocycles. The average Bonchev–Trinajstić information content (AvgIpc) is 1.68. The summed E-state index contributed by atoms with van der Waals surface area (Å²) >= 11 is 0. The van der Waals surface area contributed by atoms with Crippen LogP contribution in [0, 0.1) is 0 Å². The summed E-state index contributed by atoms with van der Waals surface area (Å²) in [5, 5.41) is 10.2. The van der Waals surface area contributed by atoms with Gasteiger partial charge in [-0.15, -0.1) is 0 Å². The molecule has 0 aromatic carbocycles. The summed E-state index contributed by atoms with van der Waals surface area (Å²) in [5.74, 6) is 0. The van der Waals surface area contributed by atoms with E-state index in [4.69, 9.17) is 5.11 Å². The molecule has 0 aliphatic heterocycles. The van der Waals surface area contributed by atoms with Crippen LogP contribution in [0.5, 0.6) is 0 Å². The highest BCUT2D eigenvalue weighted by atomic mass is 16.3. The van der Waals surface area contributed by atoms with E-state index in [0.29, 0.717) is 6.54 Å². The number of hydrazine groups is 1. The van der Waals surface area contributed by atoms with Gasteiger partial charge in [-0.3, -0.25) is 5.43 Å². The first kappa shape index (κ1) is 7.88. The number of aliphatic hydroxyl groups excluding tert-OH is 1.